The van der Waals surface area contributed by atoms with Crippen molar-refractivity contribution >= 4 is 50.7 Å². The summed E-state index contributed by atoms with van der Waals surface area (Å²) in [6.45, 7) is 7.08. The first-order chi connectivity index (χ1) is 16.5. The number of nitrogens with one attached hydrogen (secondary N) is 1. The summed E-state index contributed by atoms with van der Waals surface area (Å²) in [5.41, 5.74) is 4.68. The van der Waals surface area contributed by atoms with Gasteiger partial charge in [-0.2, -0.15) is 15.1 Å². The number of aliphatic imine (C=N–C) groups is 1. The van der Waals surface area contributed by atoms with Crippen molar-refractivity contribution < 1.29 is 4.79 Å². The van der Waals surface area contributed by atoms with Crippen LogP contribution in [-0.4, -0.2) is 31.5 Å². The molecule has 2 aliphatic heterocycles. The zero-order chi connectivity index (χ0) is 23.8. The van der Waals surface area contributed by atoms with Crippen molar-refractivity contribution in [2.45, 2.75) is 40.2 Å². The van der Waals surface area contributed by atoms with Gasteiger partial charge in [0.2, 0.25) is 5.17 Å². The molecule has 0 atom stereocenters. The Morgan fingerprint density at radius 2 is 1.91 bits per heavy atom. The molecule has 1 amide bonds. The molecule has 2 aliphatic rings. The number of carbonyl (C=O) groups excluding carboxylic acids is 1. The van der Waals surface area contributed by atoms with E-state index < -0.39 is 0 Å². The fourth-order valence-corrected chi connectivity index (χ4v) is 5.65. The molecule has 3 aromatic rings. The number of amides is 1. The number of nitrogens with zero attached hydrogens (tertiary/aromatic N) is 4. The second kappa shape index (κ2) is 9.06. The first-order valence-electron chi connectivity index (χ1n) is 11.6. The van der Waals surface area contributed by atoms with Crippen molar-refractivity contribution in [3.63, 3.8) is 0 Å². The second-order valence-corrected chi connectivity index (χ2v) is 9.68. The van der Waals surface area contributed by atoms with Crippen LogP contribution in [0.15, 0.2) is 70.4 Å². The number of benzene rings is 2. The summed E-state index contributed by atoms with van der Waals surface area (Å²) in [7, 11) is 0. The minimum atomic E-state index is -0.389. The maximum atomic E-state index is 12.9. The summed E-state index contributed by atoms with van der Waals surface area (Å²) in [5, 5.41) is 17.4. The highest BCUT2D eigenvalue weighted by molar-refractivity contribution is 8.27. The van der Waals surface area contributed by atoms with Crippen molar-refractivity contribution in [3.8, 4) is 0 Å². The number of amidine groups is 2. The lowest BCUT2D eigenvalue weighted by molar-refractivity contribution is -0.114. The summed E-state index contributed by atoms with van der Waals surface area (Å²) in [4.78, 5) is 17.2. The number of rotatable bonds is 6. The zero-order valence-electron chi connectivity index (χ0n) is 19.6. The maximum Gasteiger partial charge on any atom is 0.283 e. The molecule has 0 unspecified atom stereocenters. The SMILES string of the molecule is CCC(CC)C1=NN2C(=N)C(=Cc3cn(Cc4cccc(C)c4)c4ccccc34)C(=O)N=C2S1. The molecule has 3 heterocycles. The van der Waals surface area contributed by atoms with Crippen LogP contribution >= 0.6 is 11.8 Å². The first-order valence-corrected chi connectivity index (χ1v) is 12.4. The van der Waals surface area contributed by atoms with E-state index in [-0.39, 0.29) is 17.3 Å². The van der Waals surface area contributed by atoms with Gasteiger partial charge in [0, 0.05) is 35.1 Å². The van der Waals surface area contributed by atoms with Crippen LogP contribution in [0.5, 0.6) is 0 Å². The summed E-state index contributed by atoms with van der Waals surface area (Å²) in [6, 6.07) is 16.6. The smallest absolute Gasteiger partial charge is 0.283 e. The largest absolute Gasteiger partial charge is 0.342 e. The first kappa shape index (κ1) is 22.3. The number of aryl methyl sites for hydroxylation is 1. The molecular weight excluding hydrogens is 442 g/mol. The highest BCUT2D eigenvalue weighted by atomic mass is 32.2. The van der Waals surface area contributed by atoms with Gasteiger partial charge in [-0.25, -0.2) is 0 Å². The number of carbonyl (C=O) groups is 1. The molecule has 0 bridgehead atoms. The van der Waals surface area contributed by atoms with Gasteiger partial charge in [0.05, 0.1) is 5.57 Å². The lowest BCUT2D eigenvalue weighted by atomic mass is 10.1. The number of hydrazone groups is 1. The van der Waals surface area contributed by atoms with Crippen LogP contribution in [0.4, 0.5) is 0 Å². The fourth-order valence-electron chi connectivity index (χ4n) is 4.49. The van der Waals surface area contributed by atoms with Gasteiger partial charge < -0.3 is 4.57 Å². The van der Waals surface area contributed by atoms with E-state index in [1.54, 1.807) is 6.08 Å². The molecule has 0 saturated heterocycles. The van der Waals surface area contributed by atoms with Gasteiger partial charge in [-0.1, -0.05) is 61.9 Å². The predicted octanol–water partition coefficient (Wildman–Crippen LogP) is 6.05. The average Bonchev–Trinajstić information content (AvgIpc) is 3.39. The van der Waals surface area contributed by atoms with Gasteiger partial charge in [-0.15, -0.1) is 0 Å². The molecule has 6 nitrogen and oxygen atoms in total. The van der Waals surface area contributed by atoms with Gasteiger partial charge in [0.1, 0.15) is 5.04 Å². The Bertz CT molecular complexity index is 1390. The van der Waals surface area contributed by atoms with Crippen LogP contribution in [0.25, 0.3) is 17.0 Å². The number of hydrogen-bond acceptors (Lipinski definition) is 4. The van der Waals surface area contributed by atoms with Crippen molar-refractivity contribution in [3.05, 3.63) is 77.0 Å². The molecule has 1 aromatic heterocycles. The van der Waals surface area contributed by atoms with Crippen LogP contribution in [0.2, 0.25) is 0 Å². The van der Waals surface area contributed by atoms with E-state index in [4.69, 9.17) is 5.41 Å². The van der Waals surface area contributed by atoms with E-state index in [0.29, 0.717) is 11.1 Å². The van der Waals surface area contributed by atoms with Crippen LogP contribution in [0.1, 0.15) is 43.4 Å². The highest BCUT2D eigenvalue weighted by Gasteiger charge is 2.37. The van der Waals surface area contributed by atoms with Crippen molar-refractivity contribution in [1.82, 2.24) is 9.58 Å². The summed E-state index contributed by atoms with van der Waals surface area (Å²) >= 11 is 1.41. The monoisotopic (exact) mass is 469 g/mol. The van der Waals surface area contributed by atoms with E-state index >= 15 is 0 Å². The second-order valence-electron chi connectivity index (χ2n) is 8.69. The Labute approximate surface area is 203 Å². The Balaban J connectivity index is 1.53. The number of fused-ring (bicyclic) bond motifs is 2. The molecule has 1 N–H and O–H groups in total. The van der Waals surface area contributed by atoms with Crippen LogP contribution in [0, 0.1) is 18.3 Å². The molecule has 0 aliphatic carbocycles. The Kier molecular flexibility index (Phi) is 5.96. The maximum absolute atomic E-state index is 12.9. The van der Waals surface area contributed by atoms with Crippen LogP contribution in [-0.2, 0) is 11.3 Å². The molecule has 0 fully saturated rings. The zero-order valence-corrected chi connectivity index (χ0v) is 20.4. The van der Waals surface area contributed by atoms with E-state index in [1.165, 1.54) is 27.9 Å². The van der Waals surface area contributed by atoms with Gasteiger partial charge in [-0.05, 0) is 49.2 Å². The molecule has 0 saturated carbocycles. The molecule has 7 heteroatoms. The lowest BCUT2D eigenvalue weighted by Crippen LogP contribution is -2.35. The third-order valence-electron chi connectivity index (χ3n) is 6.36. The minimum Gasteiger partial charge on any atom is -0.342 e. The van der Waals surface area contributed by atoms with Gasteiger partial charge in [0.15, 0.2) is 5.84 Å². The molecule has 172 valence electrons. The quantitative estimate of drug-likeness (QED) is 0.446. The number of hydrogen-bond donors (Lipinski definition) is 1. The minimum absolute atomic E-state index is 0.0824. The summed E-state index contributed by atoms with van der Waals surface area (Å²) in [6.07, 6.45) is 5.77. The topological polar surface area (TPSA) is 73.8 Å². The molecule has 5 rings (SSSR count). The van der Waals surface area contributed by atoms with Gasteiger partial charge in [0.25, 0.3) is 5.91 Å². The molecule has 0 radical (unpaired) electrons. The van der Waals surface area contributed by atoms with Crippen molar-refractivity contribution in [1.29, 1.82) is 5.41 Å². The fraction of sp³-hybridized carbons (Fsp3) is 0.259. The standard InChI is InChI=1S/C27H27N5OS/c1-4-19(5-2)26-30-32-24(28)22(25(33)29-27(32)34-26)14-20-16-31(23-12-7-6-11-21(20)23)15-18-10-8-9-17(3)13-18/h6-14,16,19,28H,4-5,15H2,1-3H3. The average molecular weight is 470 g/mol. The number of para-hydroxylation sites is 1. The normalized spacial score (nSPS) is 17.1. The van der Waals surface area contributed by atoms with Crippen molar-refractivity contribution in [2.24, 2.45) is 16.0 Å². The Hall–Kier alpha value is -3.45. The number of thioether (sulfide) groups is 1. The van der Waals surface area contributed by atoms with Crippen LogP contribution in [0.3, 0.4) is 0 Å². The van der Waals surface area contributed by atoms with E-state index in [9.17, 15) is 4.79 Å². The van der Waals surface area contributed by atoms with E-state index in [0.717, 1.165) is 40.9 Å². The number of aromatic nitrogens is 1. The highest BCUT2D eigenvalue weighted by Crippen LogP contribution is 2.33. The van der Waals surface area contributed by atoms with Crippen LogP contribution < -0.4 is 0 Å². The molecule has 2 aromatic carbocycles. The Morgan fingerprint density at radius 3 is 2.68 bits per heavy atom. The lowest BCUT2D eigenvalue weighted by Gasteiger charge is -2.20. The van der Waals surface area contributed by atoms with Gasteiger partial charge >= 0.3 is 0 Å². The molecular formula is C27H27N5OS. The summed E-state index contributed by atoms with van der Waals surface area (Å²) < 4.78 is 2.19. The predicted molar refractivity (Wildman–Crippen MR) is 141 cm³/mol. The van der Waals surface area contributed by atoms with Crippen molar-refractivity contribution in [2.75, 3.05) is 0 Å². The van der Waals surface area contributed by atoms with E-state index in [2.05, 4.69) is 78.0 Å². The van der Waals surface area contributed by atoms with Gasteiger partial charge in [-0.3, -0.25) is 10.2 Å². The van der Waals surface area contributed by atoms with E-state index in [1.807, 2.05) is 12.1 Å². The third kappa shape index (κ3) is 4.01. The molecule has 34 heavy (non-hydrogen) atoms. The Morgan fingerprint density at radius 1 is 1.12 bits per heavy atom. The summed E-state index contributed by atoms with van der Waals surface area (Å²) in [5.74, 6) is 0.00691. The third-order valence-corrected chi connectivity index (χ3v) is 7.43. The molecule has 0 spiro atoms.